The molecule has 106 valence electrons. The van der Waals surface area contributed by atoms with E-state index in [-0.39, 0.29) is 0 Å². The minimum absolute atomic E-state index is 0.724. The maximum absolute atomic E-state index is 5.88. The van der Waals surface area contributed by atoms with Crippen LogP contribution in [0.4, 0.5) is 0 Å². The van der Waals surface area contributed by atoms with Gasteiger partial charge in [0.1, 0.15) is 5.75 Å². The summed E-state index contributed by atoms with van der Waals surface area (Å²) in [7, 11) is 0. The number of unbranched alkanes of at least 4 members (excludes halogenated alkanes) is 1. The molecule has 0 N–H and O–H groups in total. The second kappa shape index (κ2) is 7.76. The quantitative estimate of drug-likeness (QED) is 0.676. The van der Waals surface area contributed by atoms with Gasteiger partial charge in [0.25, 0.3) is 0 Å². The molecule has 0 saturated carbocycles. The summed E-state index contributed by atoms with van der Waals surface area (Å²) in [4.78, 5) is 2.47. The smallest absolute Gasteiger partial charge is 0.122 e. The van der Waals surface area contributed by atoms with E-state index in [1.165, 1.54) is 24.0 Å². The SMILES string of the molecule is CCCCN(CCCl)CCc1ccc2c(c1)CCO2. The van der Waals surface area contributed by atoms with Gasteiger partial charge in [-0.3, -0.25) is 0 Å². The van der Waals surface area contributed by atoms with E-state index in [9.17, 15) is 0 Å². The normalized spacial score (nSPS) is 13.6. The van der Waals surface area contributed by atoms with Crippen molar-refractivity contribution in [2.24, 2.45) is 0 Å². The summed E-state index contributed by atoms with van der Waals surface area (Å²) in [6.45, 7) is 6.34. The van der Waals surface area contributed by atoms with Gasteiger partial charge in [-0.05, 0) is 36.6 Å². The Hall–Kier alpha value is -0.730. The van der Waals surface area contributed by atoms with Crippen LogP contribution in [-0.4, -0.2) is 37.0 Å². The average Bonchev–Trinajstić information content (AvgIpc) is 2.89. The van der Waals surface area contributed by atoms with Crippen LogP contribution in [-0.2, 0) is 12.8 Å². The van der Waals surface area contributed by atoms with E-state index in [0.717, 1.165) is 50.7 Å². The van der Waals surface area contributed by atoms with Crippen LogP contribution in [0, 0.1) is 0 Å². The lowest BCUT2D eigenvalue weighted by atomic mass is 10.1. The minimum atomic E-state index is 0.724. The molecule has 0 saturated heterocycles. The topological polar surface area (TPSA) is 12.5 Å². The highest BCUT2D eigenvalue weighted by molar-refractivity contribution is 6.18. The van der Waals surface area contributed by atoms with Crippen molar-refractivity contribution in [1.82, 2.24) is 4.90 Å². The van der Waals surface area contributed by atoms with Gasteiger partial charge in [-0.25, -0.2) is 0 Å². The molecule has 1 aromatic carbocycles. The Morgan fingerprint density at radius 1 is 1.26 bits per heavy atom. The number of benzene rings is 1. The minimum Gasteiger partial charge on any atom is -0.493 e. The van der Waals surface area contributed by atoms with Crippen LogP contribution in [0.3, 0.4) is 0 Å². The first-order valence-corrected chi connectivity index (χ1v) is 7.90. The number of ether oxygens (including phenoxy) is 1. The van der Waals surface area contributed by atoms with Crippen molar-refractivity contribution in [2.75, 3.05) is 32.1 Å². The maximum Gasteiger partial charge on any atom is 0.122 e. The third kappa shape index (κ3) is 4.39. The van der Waals surface area contributed by atoms with Crippen LogP contribution in [0.15, 0.2) is 18.2 Å². The molecule has 0 aliphatic carbocycles. The Morgan fingerprint density at radius 3 is 2.95 bits per heavy atom. The standard InChI is InChI=1S/C16H24ClNO/c1-2-3-9-18(11-8-17)10-6-14-4-5-16-15(13-14)7-12-19-16/h4-5,13H,2-3,6-12H2,1H3. The number of fused-ring (bicyclic) bond motifs is 1. The van der Waals surface area contributed by atoms with E-state index in [1.807, 2.05) is 0 Å². The van der Waals surface area contributed by atoms with E-state index in [0.29, 0.717) is 0 Å². The highest BCUT2D eigenvalue weighted by atomic mass is 35.5. The second-order valence-corrected chi connectivity index (χ2v) is 5.55. The molecule has 2 rings (SSSR count). The summed E-state index contributed by atoms with van der Waals surface area (Å²) in [6.07, 6.45) is 4.67. The van der Waals surface area contributed by atoms with Crippen molar-refractivity contribution in [3.8, 4) is 5.75 Å². The number of nitrogens with zero attached hydrogens (tertiary/aromatic N) is 1. The lowest BCUT2D eigenvalue weighted by molar-refractivity contribution is 0.288. The van der Waals surface area contributed by atoms with Crippen LogP contribution in [0.2, 0.25) is 0 Å². The Balaban J connectivity index is 1.85. The zero-order valence-corrected chi connectivity index (χ0v) is 12.6. The Labute approximate surface area is 121 Å². The van der Waals surface area contributed by atoms with E-state index < -0.39 is 0 Å². The number of hydrogen-bond acceptors (Lipinski definition) is 2. The third-order valence-corrected chi connectivity index (χ3v) is 3.87. The molecule has 1 aliphatic heterocycles. The molecule has 0 spiro atoms. The molecule has 1 heterocycles. The van der Waals surface area contributed by atoms with Gasteiger partial charge < -0.3 is 9.64 Å². The van der Waals surface area contributed by atoms with Crippen LogP contribution in [0.5, 0.6) is 5.75 Å². The third-order valence-electron chi connectivity index (χ3n) is 3.70. The first kappa shape index (κ1) is 14.7. The molecule has 0 atom stereocenters. The molecule has 19 heavy (non-hydrogen) atoms. The maximum atomic E-state index is 5.88. The summed E-state index contributed by atoms with van der Waals surface area (Å²) in [6, 6.07) is 6.62. The molecule has 3 heteroatoms. The van der Waals surface area contributed by atoms with Gasteiger partial charge in [0, 0.05) is 25.4 Å². The molecule has 0 amide bonds. The monoisotopic (exact) mass is 281 g/mol. The first-order chi connectivity index (χ1) is 9.33. The van der Waals surface area contributed by atoms with Crippen molar-refractivity contribution < 1.29 is 4.74 Å². The van der Waals surface area contributed by atoms with Crippen molar-refractivity contribution in [3.05, 3.63) is 29.3 Å². The van der Waals surface area contributed by atoms with Gasteiger partial charge in [0.05, 0.1) is 6.61 Å². The van der Waals surface area contributed by atoms with Crippen LogP contribution < -0.4 is 4.74 Å². The Bertz CT molecular complexity index is 394. The first-order valence-electron chi connectivity index (χ1n) is 7.36. The largest absolute Gasteiger partial charge is 0.493 e. The van der Waals surface area contributed by atoms with Crippen molar-refractivity contribution in [3.63, 3.8) is 0 Å². The van der Waals surface area contributed by atoms with Gasteiger partial charge in [0.2, 0.25) is 0 Å². The molecule has 0 aromatic heterocycles. The molecule has 0 unspecified atom stereocenters. The summed E-state index contributed by atoms with van der Waals surface area (Å²) in [5, 5.41) is 0. The van der Waals surface area contributed by atoms with Crippen molar-refractivity contribution in [2.45, 2.75) is 32.6 Å². The van der Waals surface area contributed by atoms with E-state index in [4.69, 9.17) is 16.3 Å². The Morgan fingerprint density at radius 2 is 2.16 bits per heavy atom. The van der Waals surface area contributed by atoms with Crippen LogP contribution in [0.1, 0.15) is 30.9 Å². The zero-order chi connectivity index (χ0) is 13.5. The number of hydrogen-bond donors (Lipinski definition) is 0. The molecule has 2 nitrogen and oxygen atoms in total. The highest BCUT2D eigenvalue weighted by Crippen LogP contribution is 2.26. The van der Waals surface area contributed by atoms with Crippen LogP contribution >= 0.6 is 11.6 Å². The van der Waals surface area contributed by atoms with Crippen LogP contribution in [0.25, 0.3) is 0 Å². The fourth-order valence-electron chi connectivity index (χ4n) is 2.52. The summed E-state index contributed by atoms with van der Waals surface area (Å²) < 4.78 is 5.54. The fourth-order valence-corrected chi connectivity index (χ4v) is 2.76. The second-order valence-electron chi connectivity index (χ2n) is 5.17. The van der Waals surface area contributed by atoms with Crippen molar-refractivity contribution >= 4 is 11.6 Å². The molecular formula is C16H24ClNO. The predicted octanol–water partition coefficient (Wildman–Crippen LogP) is 3.50. The van der Waals surface area contributed by atoms with Gasteiger partial charge in [-0.1, -0.05) is 25.5 Å². The zero-order valence-electron chi connectivity index (χ0n) is 11.8. The van der Waals surface area contributed by atoms with Gasteiger partial charge in [-0.15, -0.1) is 11.6 Å². The average molecular weight is 282 g/mol. The lowest BCUT2D eigenvalue weighted by Gasteiger charge is -2.21. The highest BCUT2D eigenvalue weighted by Gasteiger charge is 2.12. The number of halogens is 1. The molecule has 1 aromatic rings. The molecule has 0 radical (unpaired) electrons. The lowest BCUT2D eigenvalue weighted by Crippen LogP contribution is -2.29. The molecular weight excluding hydrogens is 258 g/mol. The van der Waals surface area contributed by atoms with E-state index in [1.54, 1.807) is 0 Å². The van der Waals surface area contributed by atoms with Gasteiger partial charge in [0.15, 0.2) is 0 Å². The number of alkyl halides is 1. The summed E-state index contributed by atoms with van der Waals surface area (Å²) >= 11 is 5.88. The molecule has 0 fully saturated rings. The Kier molecular flexibility index (Phi) is 5.99. The van der Waals surface area contributed by atoms with E-state index >= 15 is 0 Å². The van der Waals surface area contributed by atoms with Gasteiger partial charge >= 0.3 is 0 Å². The van der Waals surface area contributed by atoms with Gasteiger partial charge in [-0.2, -0.15) is 0 Å². The molecule has 1 aliphatic rings. The van der Waals surface area contributed by atoms with Crippen molar-refractivity contribution in [1.29, 1.82) is 0 Å². The fraction of sp³-hybridized carbons (Fsp3) is 0.625. The predicted molar refractivity (Wildman–Crippen MR) is 81.4 cm³/mol. The summed E-state index contributed by atoms with van der Waals surface area (Å²) in [5.74, 6) is 1.80. The summed E-state index contributed by atoms with van der Waals surface area (Å²) in [5.41, 5.74) is 2.79. The molecule has 0 bridgehead atoms. The number of rotatable bonds is 8. The van der Waals surface area contributed by atoms with E-state index in [2.05, 4.69) is 30.0 Å².